The largest absolute Gasteiger partial charge is 0.338 e. The van der Waals surface area contributed by atoms with Gasteiger partial charge in [-0.1, -0.05) is 19.3 Å². The van der Waals surface area contributed by atoms with Crippen LogP contribution in [0.15, 0.2) is 29.2 Å². The van der Waals surface area contributed by atoms with E-state index < -0.39 is 10.0 Å². The lowest BCUT2D eigenvalue weighted by Gasteiger charge is -2.31. The van der Waals surface area contributed by atoms with E-state index >= 15 is 0 Å². The van der Waals surface area contributed by atoms with E-state index in [0.717, 1.165) is 25.6 Å². The van der Waals surface area contributed by atoms with Gasteiger partial charge >= 0.3 is 6.03 Å². The Morgan fingerprint density at radius 2 is 1.81 bits per heavy atom. The highest BCUT2D eigenvalue weighted by Gasteiger charge is 2.29. The second-order valence-electron chi connectivity index (χ2n) is 7.35. The molecule has 0 aromatic heterocycles. The molecule has 3 rings (SSSR count). The molecule has 0 bridgehead atoms. The molecule has 1 heterocycles. The number of anilines is 1. The Hall–Kier alpha value is -1.64. The molecule has 1 aromatic carbocycles. The number of sulfonamides is 1. The van der Waals surface area contributed by atoms with Crippen molar-refractivity contribution in [3.8, 4) is 0 Å². The van der Waals surface area contributed by atoms with E-state index in [4.69, 9.17) is 5.14 Å². The van der Waals surface area contributed by atoms with E-state index in [1.165, 1.54) is 56.4 Å². The number of benzene rings is 1. The van der Waals surface area contributed by atoms with Crippen LogP contribution in [0.2, 0.25) is 0 Å². The summed E-state index contributed by atoms with van der Waals surface area (Å²) < 4.78 is 22.5. The minimum Gasteiger partial charge on any atom is -0.338 e. The third-order valence-electron chi connectivity index (χ3n) is 5.40. The summed E-state index contributed by atoms with van der Waals surface area (Å²) in [7, 11) is -3.72. The number of nitrogens with zero attached hydrogens (tertiary/aromatic N) is 1. The summed E-state index contributed by atoms with van der Waals surface area (Å²) in [5.74, 6) is 0.493. The molecule has 1 aliphatic carbocycles. The number of hydrogen-bond donors (Lipinski definition) is 3. The number of urea groups is 1. The number of nitrogens with one attached hydrogen (secondary N) is 2. The number of hydrogen-bond acceptors (Lipinski definition) is 4. The first-order valence-corrected chi connectivity index (χ1v) is 10.9. The van der Waals surface area contributed by atoms with Crippen LogP contribution in [0.4, 0.5) is 10.5 Å². The Labute approximate surface area is 155 Å². The molecule has 8 heteroatoms. The van der Waals surface area contributed by atoms with Crippen LogP contribution in [0.3, 0.4) is 0 Å². The molecule has 1 unspecified atom stereocenters. The van der Waals surface area contributed by atoms with Crippen LogP contribution in [0.25, 0.3) is 0 Å². The number of nitrogens with two attached hydrogens (primary N) is 1. The quantitative estimate of drug-likeness (QED) is 0.727. The highest BCUT2D eigenvalue weighted by atomic mass is 32.2. The van der Waals surface area contributed by atoms with Gasteiger partial charge in [0.1, 0.15) is 0 Å². The minimum absolute atomic E-state index is 0.0252. The number of primary sulfonamides is 1. The Bertz CT molecular complexity index is 714. The topological polar surface area (TPSA) is 105 Å². The fourth-order valence-corrected chi connectivity index (χ4v) is 4.46. The summed E-state index contributed by atoms with van der Waals surface area (Å²) in [5, 5.41) is 10.7. The van der Waals surface area contributed by atoms with Crippen LogP contribution < -0.4 is 15.8 Å². The molecule has 2 aliphatic rings. The maximum Gasteiger partial charge on any atom is 0.319 e. The first-order valence-electron chi connectivity index (χ1n) is 9.33. The van der Waals surface area contributed by atoms with Crippen molar-refractivity contribution in [1.82, 2.24) is 10.2 Å². The number of rotatable bonds is 5. The molecule has 0 radical (unpaired) electrons. The fraction of sp³-hybridized carbons (Fsp3) is 0.611. The van der Waals surface area contributed by atoms with Crippen LogP contribution in [0, 0.1) is 5.92 Å². The number of carbonyl (C=O) groups excluding carboxylic acids is 1. The lowest BCUT2D eigenvalue weighted by molar-refractivity contribution is 0.185. The molecular formula is C18H28N4O3S. The van der Waals surface area contributed by atoms with Gasteiger partial charge in [-0.05, 0) is 56.0 Å². The Morgan fingerprint density at radius 1 is 1.12 bits per heavy atom. The molecule has 4 N–H and O–H groups in total. The van der Waals surface area contributed by atoms with Gasteiger partial charge in [-0.25, -0.2) is 18.4 Å². The van der Waals surface area contributed by atoms with Crippen molar-refractivity contribution in [3.63, 3.8) is 0 Å². The van der Waals surface area contributed by atoms with Crippen LogP contribution in [0.5, 0.6) is 0 Å². The van der Waals surface area contributed by atoms with Gasteiger partial charge in [0.25, 0.3) is 0 Å². The molecule has 1 aliphatic heterocycles. The molecule has 0 spiro atoms. The van der Waals surface area contributed by atoms with Gasteiger partial charge in [0.2, 0.25) is 10.0 Å². The molecule has 2 fully saturated rings. The van der Waals surface area contributed by atoms with Crippen molar-refractivity contribution < 1.29 is 13.2 Å². The fourth-order valence-electron chi connectivity index (χ4n) is 3.95. The van der Waals surface area contributed by atoms with E-state index in [9.17, 15) is 13.2 Å². The van der Waals surface area contributed by atoms with Crippen LogP contribution in [-0.2, 0) is 10.0 Å². The van der Waals surface area contributed by atoms with Gasteiger partial charge in [-0.3, -0.25) is 0 Å². The smallest absolute Gasteiger partial charge is 0.319 e. The summed E-state index contributed by atoms with van der Waals surface area (Å²) in [6, 6.07) is 6.28. The third-order valence-corrected chi connectivity index (χ3v) is 6.33. The molecule has 1 atom stereocenters. The maximum atomic E-state index is 12.1. The molecule has 7 nitrogen and oxygen atoms in total. The summed E-state index contributed by atoms with van der Waals surface area (Å²) in [4.78, 5) is 14.7. The molecule has 2 amide bonds. The van der Waals surface area contributed by atoms with Gasteiger partial charge in [-0.15, -0.1) is 0 Å². The maximum absolute atomic E-state index is 12.1. The zero-order chi connectivity index (χ0) is 18.6. The van der Waals surface area contributed by atoms with Crippen molar-refractivity contribution >= 4 is 21.7 Å². The second kappa shape index (κ2) is 8.37. The molecule has 26 heavy (non-hydrogen) atoms. The Balaban J connectivity index is 1.41. The van der Waals surface area contributed by atoms with E-state index in [2.05, 4.69) is 15.5 Å². The summed E-state index contributed by atoms with van der Waals surface area (Å²) in [5.41, 5.74) is 0.533. The Morgan fingerprint density at radius 3 is 2.46 bits per heavy atom. The van der Waals surface area contributed by atoms with Crippen molar-refractivity contribution in [2.75, 3.05) is 25.0 Å². The second-order valence-corrected chi connectivity index (χ2v) is 8.91. The zero-order valence-corrected chi connectivity index (χ0v) is 15.8. The van der Waals surface area contributed by atoms with Gasteiger partial charge in [-0.2, -0.15) is 0 Å². The molecule has 1 saturated carbocycles. The van der Waals surface area contributed by atoms with Gasteiger partial charge in [0.05, 0.1) is 4.90 Å². The number of amides is 2. The van der Waals surface area contributed by atoms with Crippen molar-refractivity contribution in [1.29, 1.82) is 0 Å². The minimum atomic E-state index is -3.72. The first kappa shape index (κ1) is 19.1. The average Bonchev–Trinajstić information content (AvgIpc) is 3.09. The van der Waals surface area contributed by atoms with Gasteiger partial charge in [0, 0.05) is 24.8 Å². The van der Waals surface area contributed by atoms with E-state index in [-0.39, 0.29) is 10.9 Å². The average molecular weight is 381 g/mol. The molecule has 144 valence electrons. The first-order chi connectivity index (χ1) is 12.4. The van der Waals surface area contributed by atoms with Crippen molar-refractivity contribution in [2.45, 2.75) is 49.5 Å². The Kier molecular flexibility index (Phi) is 6.16. The van der Waals surface area contributed by atoms with Gasteiger partial charge < -0.3 is 15.5 Å². The van der Waals surface area contributed by atoms with Crippen molar-refractivity contribution in [2.24, 2.45) is 11.1 Å². The summed E-state index contributed by atoms with van der Waals surface area (Å²) >= 11 is 0. The van der Waals surface area contributed by atoms with Gasteiger partial charge in [0.15, 0.2) is 0 Å². The predicted octanol–water partition coefficient (Wildman–Crippen LogP) is 2.11. The van der Waals surface area contributed by atoms with Crippen molar-refractivity contribution in [3.05, 3.63) is 24.3 Å². The van der Waals surface area contributed by atoms with E-state index in [0.29, 0.717) is 18.2 Å². The number of carbonyl (C=O) groups is 1. The zero-order valence-electron chi connectivity index (χ0n) is 15.0. The lowest BCUT2D eigenvalue weighted by atomic mass is 9.94. The highest BCUT2D eigenvalue weighted by Crippen LogP contribution is 2.27. The molecular weight excluding hydrogens is 352 g/mol. The number of likely N-dealkylation sites (tertiary alicyclic amines) is 1. The summed E-state index contributed by atoms with van der Waals surface area (Å²) in [6.07, 6.45) is 7.81. The van der Waals surface area contributed by atoms with Crippen LogP contribution in [-0.4, -0.2) is 45.0 Å². The monoisotopic (exact) mass is 380 g/mol. The standard InChI is InChI=1S/C18H28N4O3S/c19-26(24,25)17-8-6-15(7-9-17)21-18(23)20-12-14-10-11-22(13-14)16-4-2-1-3-5-16/h6-9,14,16H,1-5,10-13H2,(H2,19,24,25)(H2,20,21,23). The predicted molar refractivity (Wildman–Crippen MR) is 101 cm³/mol. The SMILES string of the molecule is NS(=O)(=O)c1ccc(NC(=O)NCC2CCN(C3CCCCC3)C2)cc1. The van der Waals surface area contributed by atoms with Crippen LogP contribution in [0.1, 0.15) is 38.5 Å². The van der Waals surface area contributed by atoms with Crippen LogP contribution >= 0.6 is 0 Å². The highest BCUT2D eigenvalue weighted by molar-refractivity contribution is 7.89. The normalized spacial score (nSPS) is 22.3. The summed E-state index contributed by atoms with van der Waals surface area (Å²) in [6.45, 7) is 2.85. The molecule has 1 saturated heterocycles. The van der Waals surface area contributed by atoms with E-state index in [1.807, 2.05) is 0 Å². The lowest BCUT2D eigenvalue weighted by Crippen LogP contribution is -2.37. The third kappa shape index (κ3) is 5.18. The van der Waals surface area contributed by atoms with E-state index in [1.54, 1.807) is 0 Å². The molecule has 1 aromatic rings.